The zero-order chi connectivity index (χ0) is 12.8. The lowest BCUT2D eigenvalue weighted by Gasteiger charge is -2.28. The number of rotatable bonds is 8. The molecule has 0 aliphatic rings. The number of hydrogen-bond acceptors (Lipinski definition) is 3. The molecule has 0 aromatic heterocycles. The first-order chi connectivity index (χ1) is 7.12. The van der Waals surface area contributed by atoms with Gasteiger partial charge in [0.1, 0.15) is 0 Å². The molecule has 0 saturated carbocycles. The van der Waals surface area contributed by atoms with Gasteiger partial charge in [0.2, 0.25) is 0 Å². The summed E-state index contributed by atoms with van der Waals surface area (Å²) >= 11 is 0. The van der Waals surface area contributed by atoms with E-state index in [1.165, 1.54) is 0 Å². The summed E-state index contributed by atoms with van der Waals surface area (Å²) in [6, 6.07) is 0.541. The molecule has 0 spiro atoms. The number of nitrogens with one attached hydrogen (secondary N) is 1. The normalized spacial score (nSPS) is 13.5. The Bertz CT molecular complexity index is 183. The second-order valence-electron chi connectivity index (χ2n) is 6.21. The summed E-state index contributed by atoms with van der Waals surface area (Å²) < 4.78 is 5.87. The molecule has 3 nitrogen and oxygen atoms in total. The highest BCUT2D eigenvalue weighted by molar-refractivity contribution is 4.74. The quantitative estimate of drug-likeness (QED) is 0.672. The number of nitrogens with two attached hydrogens (primary N) is 1. The van der Waals surface area contributed by atoms with Crippen molar-refractivity contribution in [2.45, 2.75) is 71.6 Å². The standard InChI is InChI=1S/C13H30N2O/c1-11(2)15-9-7-13(5,6)16-10-8-12(3,4)14/h11,15H,7-10,14H2,1-6H3. The van der Waals surface area contributed by atoms with Crippen molar-refractivity contribution in [2.24, 2.45) is 5.73 Å². The predicted octanol–water partition coefficient (Wildman–Crippen LogP) is 2.30. The van der Waals surface area contributed by atoms with E-state index in [2.05, 4.69) is 33.0 Å². The van der Waals surface area contributed by atoms with Gasteiger partial charge in [0.15, 0.2) is 0 Å². The van der Waals surface area contributed by atoms with Crippen LogP contribution in [-0.4, -0.2) is 30.3 Å². The first-order valence-electron chi connectivity index (χ1n) is 6.29. The third-order valence-electron chi connectivity index (χ3n) is 2.52. The topological polar surface area (TPSA) is 47.3 Å². The molecule has 98 valence electrons. The minimum atomic E-state index is -0.133. The van der Waals surface area contributed by atoms with E-state index < -0.39 is 0 Å². The average molecular weight is 230 g/mol. The summed E-state index contributed by atoms with van der Waals surface area (Å²) in [5.74, 6) is 0. The largest absolute Gasteiger partial charge is 0.375 e. The van der Waals surface area contributed by atoms with Gasteiger partial charge in [-0.15, -0.1) is 0 Å². The first-order valence-corrected chi connectivity index (χ1v) is 6.29. The zero-order valence-electron chi connectivity index (χ0n) is 11.9. The van der Waals surface area contributed by atoms with Crippen molar-refractivity contribution in [3.63, 3.8) is 0 Å². The summed E-state index contributed by atoms with van der Waals surface area (Å²) in [6.45, 7) is 14.4. The molecule has 0 aliphatic heterocycles. The van der Waals surface area contributed by atoms with Crippen LogP contribution in [0.1, 0.15) is 54.4 Å². The molecule has 0 rings (SSSR count). The number of hydrogen-bond donors (Lipinski definition) is 2. The maximum Gasteiger partial charge on any atom is 0.0638 e. The second kappa shape index (κ2) is 6.58. The molecule has 16 heavy (non-hydrogen) atoms. The molecule has 0 amide bonds. The second-order valence-corrected chi connectivity index (χ2v) is 6.21. The Morgan fingerprint density at radius 2 is 1.69 bits per heavy atom. The van der Waals surface area contributed by atoms with Gasteiger partial charge in [-0.1, -0.05) is 13.8 Å². The van der Waals surface area contributed by atoms with Crippen LogP contribution in [0.5, 0.6) is 0 Å². The van der Waals surface area contributed by atoms with Gasteiger partial charge in [-0.05, 0) is 47.1 Å². The van der Waals surface area contributed by atoms with Crippen molar-refractivity contribution in [1.29, 1.82) is 0 Å². The lowest BCUT2D eigenvalue weighted by Crippen LogP contribution is -2.37. The first kappa shape index (κ1) is 15.9. The van der Waals surface area contributed by atoms with Crippen LogP contribution in [0.25, 0.3) is 0 Å². The van der Waals surface area contributed by atoms with E-state index in [9.17, 15) is 0 Å². The molecular weight excluding hydrogens is 200 g/mol. The molecular formula is C13H30N2O. The monoisotopic (exact) mass is 230 g/mol. The van der Waals surface area contributed by atoms with Gasteiger partial charge in [0.25, 0.3) is 0 Å². The van der Waals surface area contributed by atoms with Crippen molar-refractivity contribution in [1.82, 2.24) is 5.32 Å². The average Bonchev–Trinajstić information content (AvgIpc) is 1.99. The molecule has 0 heterocycles. The lowest BCUT2D eigenvalue weighted by molar-refractivity contribution is -0.0288. The number of ether oxygens (including phenoxy) is 1. The summed E-state index contributed by atoms with van der Waals surface area (Å²) in [7, 11) is 0. The Morgan fingerprint density at radius 3 is 2.12 bits per heavy atom. The van der Waals surface area contributed by atoms with Crippen LogP contribution >= 0.6 is 0 Å². The van der Waals surface area contributed by atoms with Crippen molar-refractivity contribution in [2.75, 3.05) is 13.2 Å². The molecule has 0 saturated heterocycles. The van der Waals surface area contributed by atoms with Gasteiger partial charge in [0, 0.05) is 18.2 Å². The Morgan fingerprint density at radius 1 is 1.12 bits per heavy atom. The van der Waals surface area contributed by atoms with Gasteiger partial charge in [-0.25, -0.2) is 0 Å². The van der Waals surface area contributed by atoms with Crippen LogP contribution in [0.4, 0.5) is 0 Å². The molecule has 0 aliphatic carbocycles. The molecule has 0 atom stereocenters. The predicted molar refractivity (Wildman–Crippen MR) is 70.7 cm³/mol. The molecule has 0 fully saturated rings. The van der Waals surface area contributed by atoms with Crippen LogP contribution in [0.2, 0.25) is 0 Å². The van der Waals surface area contributed by atoms with Crippen LogP contribution < -0.4 is 11.1 Å². The van der Waals surface area contributed by atoms with E-state index in [1.54, 1.807) is 0 Å². The Labute approximate surface area is 101 Å². The van der Waals surface area contributed by atoms with Crippen LogP contribution in [0, 0.1) is 0 Å². The Kier molecular flexibility index (Phi) is 6.53. The fraction of sp³-hybridized carbons (Fsp3) is 1.00. The van der Waals surface area contributed by atoms with Crippen molar-refractivity contribution < 1.29 is 4.74 Å². The summed E-state index contributed by atoms with van der Waals surface area (Å²) in [5, 5.41) is 3.40. The highest BCUT2D eigenvalue weighted by Gasteiger charge is 2.19. The molecule has 3 N–H and O–H groups in total. The summed E-state index contributed by atoms with van der Waals surface area (Å²) in [4.78, 5) is 0. The fourth-order valence-corrected chi connectivity index (χ4v) is 1.32. The van der Waals surface area contributed by atoms with E-state index in [1.807, 2.05) is 13.8 Å². The van der Waals surface area contributed by atoms with E-state index in [0.29, 0.717) is 6.04 Å². The van der Waals surface area contributed by atoms with Crippen LogP contribution in [-0.2, 0) is 4.74 Å². The lowest BCUT2D eigenvalue weighted by atomic mass is 10.0. The molecule has 0 aromatic rings. The van der Waals surface area contributed by atoms with Crippen LogP contribution in [0.15, 0.2) is 0 Å². The maximum atomic E-state index is 5.91. The van der Waals surface area contributed by atoms with E-state index in [0.717, 1.165) is 26.0 Å². The third kappa shape index (κ3) is 10.4. The Hall–Kier alpha value is -0.120. The van der Waals surface area contributed by atoms with Gasteiger partial charge < -0.3 is 15.8 Å². The summed E-state index contributed by atoms with van der Waals surface area (Å²) in [5.41, 5.74) is 5.72. The maximum absolute atomic E-state index is 5.91. The smallest absolute Gasteiger partial charge is 0.0638 e. The van der Waals surface area contributed by atoms with Gasteiger partial charge in [0.05, 0.1) is 5.60 Å². The molecule has 0 bridgehead atoms. The molecule has 0 aromatic carbocycles. The van der Waals surface area contributed by atoms with Gasteiger partial charge in [-0.2, -0.15) is 0 Å². The van der Waals surface area contributed by atoms with E-state index in [4.69, 9.17) is 10.5 Å². The van der Waals surface area contributed by atoms with Crippen molar-refractivity contribution >= 4 is 0 Å². The van der Waals surface area contributed by atoms with Gasteiger partial charge in [-0.3, -0.25) is 0 Å². The highest BCUT2D eigenvalue weighted by Crippen LogP contribution is 2.15. The molecule has 0 unspecified atom stereocenters. The SMILES string of the molecule is CC(C)NCCC(C)(C)OCCC(C)(C)N. The van der Waals surface area contributed by atoms with Crippen molar-refractivity contribution in [3.8, 4) is 0 Å². The van der Waals surface area contributed by atoms with E-state index in [-0.39, 0.29) is 11.1 Å². The van der Waals surface area contributed by atoms with E-state index >= 15 is 0 Å². The minimum absolute atomic E-state index is 0.0624. The van der Waals surface area contributed by atoms with Gasteiger partial charge >= 0.3 is 0 Å². The zero-order valence-corrected chi connectivity index (χ0v) is 11.9. The molecule has 3 heteroatoms. The third-order valence-corrected chi connectivity index (χ3v) is 2.52. The van der Waals surface area contributed by atoms with Crippen LogP contribution in [0.3, 0.4) is 0 Å². The summed E-state index contributed by atoms with van der Waals surface area (Å²) in [6.07, 6.45) is 1.92. The highest BCUT2D eigenvalue weighted by atomic mass is 16.5. The van der Waals surface area contributed by atoms with Crippen molar-refractivity contribution in [3.05, 3.63) is 0 Å². The fourth-order valence-electron chi connectivity index (χ4n) is 1.32. The molecule has 0 radical (unpaired) electrons. The Balaban J connectivity index is 3.70. The minimum Gasteiger partial charge on any atom is -0.375 e.